The van der Waals surface area contributed by atoms with Crippen LogP contribution in [0.2, 0.25) is 0 Å². The fourth-order valence-electron chi connectivity index (χ4n) is 3.99. The topological polar surface area (TPSA) is 55.8 Å². The van der Waals surface area contributed by atoms with E-state index >= 15 is 0 Å². The van der Waals surface area contributed by atoms with Crippen LogP contribution in [0.25, 0.3) is 0 Å². The van der Waals surface area contributed by atoms with Crippen molar-refractivity contribution >= 4 is 17.5 Å². The monoisotopic (exact) mass is 401 g/mol. The lowest BCUT2D eigenvalue weighted by Gasteiger charge is -2.24. The third-order valence-corrected chi connectivity index (χ3v) is 5.67. The van der Waals surface area contributed by atoms with E-state index in [1.165, 1.54) is 4.90 Å². The molecule has 0 bridgehead atoms. The summed E-state index contributed by atoms with van der Waals surface area (Å²) in [4.78, 5) is 28.2. The van der Waals surface area contributed by atoms with E-state index in [0.717, 1.165) is 16.9 Å². The number of para-hydroxylation sites is 1. The van der Waals surface area contributed by atoms with Crippen LogP contribution >= 0.6 is 0 Å². The first-order valence-electron chi connectivity index (χ1n) is 9.73. The number of amides is 2. The first-order valence-corrected chi connectivity index (χ1v) is 9.73. The van der Waals surface area contributed by atoms with Crippen molar-refractivity contribution < 1.29 is 19.1 Å². The van der Waals surface area contributed by atoms with Crippen LogP contribution < -0.4 is 14.4 Å². The summed E-state index contributed by atoms with van der Waals surface area (Å²) in [5.74, 6) is 0.858. The molecule has 0 aliphatic carbocycles. The lowest BCUT2D eigenvalue weighted by atomic mass is 9.78. The number of hydrogen-bond donors (Lipinski definition) is 0. The molecule has 0 aromatic heterocycles. The van der Waals surface area contributed by atoms with Crippen molar-refractivity contribution in [1.82, 2.24) is 0 Å². The van der Waals surface area contributed by atoms with E-state index in [1.807, 2.05) is 55.5 Å². The van der Waals surface area contributed by atoms with E-state index in [1.54, 1.807) is 38.5 Å². The van der Waals surface area contributed by atoms with E-state index in [9.17, 15) is 9.59 Å². The Kier molecular flexibility index (Phi) is 5.04. The van der Waals surface area contributed by atoms with Crippen molar-refractivity contribution in [3.05, 3.63) is 89.5 Å². The number of carbonyl (C=O) groups excluding carboxylic acids is 2. The molecule has 2 amide bonds. The summed E-state index contributed by atoms with van der Waals surface area (Å²) in [6, 6.07) is 22.0. The van der Waals surface area contributed by atoms with Crippen molar-refractivity contribution in [3.8, 4) is 11.5 Å². The third-order valence-electron chi connectivity index (χ3n) is 5.67. The molecule has 3 aromatic rings. The molecule has 0 fully saturated rings. The lowest BCUT2D eigenvalue weighted by molar-refractivity contribution is -0.122. The molecule has 1 atom stereocenters. The van der Waals surface area contributed by atoms with Gasteiger partial charge in [-0.3, -0.25) is 9.59 Å². The molecule has 0 saturated carbocycles. The second-order valence-electron chi connectivity index (χ2n) is 7.55. The van der Waals surface area contributed by atoms with Crippen LogP contribution in [0.5, 0.6) is 11.5 Å². The Bertz CT molecular complexity index is 1090. The van der Waals surface area contributed by atoms with Gasteiger partial charge in [0.2, 0.25) is 5.91 Å². The fourth-order valence-corrected chi connectivity index (χ4v) is 3.99. The zero-order chi connectivity index (χ0) is 21.3. The molecule has 5 nitrogen and oxygen atoms in total. The second-order valence-corrected chi connectivity index (χ2v) is 7.55. The zero-order valence-electron chi connectivity index (χ0n) is 17.2. The van der Waals surface area contributed by atoms with Crippen molar-refractivity contribution in [2.24, 2.45) is 0 Å². The number of carbonyl (C=O) groups is 2. The maximum atomic E-state index is 13.6. The number of methoxy groups -OCH3 is 2. The Labute approximate surface area is 175 Å². The van der Waals surface area contributed by atoms with Crippen LogP contribution in [0.15, 0.2) is 72.8 Å². The van der Waals surface area contributed by atoms with Gasteiger partial charge >= 0.3 is 0 Å². The van der Waals surface area contributed by atoms with E-state index < -0.39 is 5.41 Å². The molecule has 3 aromatic carbocycles. The predicted octanol–water partition coefficient (Wildman–Crippen LogP) is 4.39. The molecule has 152 valence electrons. The molecule has 0 radical (unpaired) electrons. The molecule has 1 heterocycles. The highest BCUT2D eigenvalue weighted by Gasteiger charge is 2.49. The Morgan fingerprint density at radius 3 is 2.03 bits per heavy atom. The van der Waals surface area contributed by atoms with Gasteiger partial charge in [-0.2, -0.15) is 0 Å². The van der Waals surface area contributed by atoms with Crippen LogP contribution in [0.3, 0.4) is 0 Å². The number of hydrogen-bond acceptors (Lipinski definition) is 4. The van der Waals surface area contributed by atoms with Gasteiger partial charge in [-0.05, 0) is 66.9 Å². The average Bonchev–Trinajstić information content (AvgIpc) is 3.01. The number of ether oxygens (including phenoxy) is 2. The quantitative estimate of drug-likeness (QED) is 0.595. The average molecular weight is 401 g/mol. The first-order chi connectivity index (χ1) is 14.5. The zero-order valence-corrected chi connectivity index (χ0v) is 17.2. The highest BCUT2D eigenvalue weighted by Crippen LogP contribution is 2.44. The maximum Gasteiger partial charge on any atom is 0.265 e. The molecule has 0 saturated heterocycles. The van der Waals surface area contributed by atoms with Crippen LogP contribution in [0.4, 0.5) is 5.69 Å². The minimum absolute atomic E-state index is 0.222. The van der Waals surface area contributed by atoms with Gasteiger partial charge < -0.3 is 9.47 Å². The number of imide groups is 1. The Morgan fingerprint density at radius 1 is 0.867 bits per heavy atom. The molecule has 5 heteroatoms. The minimum atomic E-state index is -0.840. The SMILES string of the molecule is COc1ccc(CC2(C)C(=O)N(C(=O)c3ccc(OC)cc3)c3ccccc32)cc1. The van der Waals surface area contributed by atoms with Gasteiger partial charge in [0.1, 0.15) is 11.5 Å². The van der Waals surface area contributed by atoms with Crippen LogP contribution in [-0.2, 0) is 16.6 Å². The number of rotatable bonds is 5. The van der Waals surface area contributed by atoms with Crippen molar-refractivity contribution in [2.45, 2.75) is 18.8 Å². The summed E-state index contributed by atoms with van der Waals surface area (Å²) < 4.78 is 10.4. The summed E-state index contributed by atoms with van der Waals surface area (Å²) in [5, 5.41) is 0. The summed E-state index contributed by atoms with van der Waals surface area (Å²) in [5.41, 5.74) is 2.09. The number of nitrogens with zero attached hydrogens (tertiary/aromatic N) is 1. The Balaban J connectivity index is 1.71. The van der Waals surface area contributed by atoms with Gasteiger partial charge in [0.05, 0.1) is 25.3 Å². The van der Waals surface area contributed by atoms with Gasteiger partial charge in [0.25, 0.3) is 5.91 Å². The number of benzene rings is 3. The molecule has 30 heavy (non-hydrogen) atoms. The van der Waals surface area contributed by atoms with Crippen molar-refractivity contribution in [2.75, 3.05) is 19.1 Å². The van der Waals surface area contributed by atoms with E-state index in [0.29, 0.717) is 23.4 Å². The molecule has 4 rings (SSSR count). The molecular formula is C25H23NO4. The standard InChI is InChI=1S/C25H23NO4/c1-25(16-17-8-12-19(29-2)13-9-17)21-6-4-5-7-22(21)26(24(25)28)23(27)18-10-14-20(30-3)15-11-18/h4-15H,16H2,1-3H3. The van der Waals surface area contributed by atoms with E-state index in [2.05, 4.69) is 0 Å². The summed E-state index contributed by atoms with van der Waals surface area (Å²) >= 11 is 0. The van der Waals surface area contributed by atoms with Crippen LogP contribution in [0, 0.1) is 0 Å². The molecule has 1 aliphatic heterocycles. The molecular weight excluding hydrogens is 378 g/mol. The fraction of sp³-hybridized carbons (Fsp3) is 0.200. The van der Waals surface area contributed by atoms with Crippen LogP contribution in [-0.4, -0.2) is 26.0 Å². The van der Waals surface area contributed by atoms with Crippen molar-refractivity contribution in [1.29, 1.82) is 0 Å². The number of anilines is 1. The van der Waals surface area contributed by atoms with Gasteiger partial charge in [-0.15, -0.1) is 0 Å². The molecule has 1 aliphatic rings. The predicted molar refractivity (Wildman–Crippen MR) is 115 cm³/mol. The summed E-state index contributed by atoms with van der Waals surface area (Å²) in [6.45, 7) is 1.90. The second kappa shape index (κ2) is 7.67. The van der Waals surface area contributed by atoms with E-state index in [-0.39, 0.29) is 11.8 Å². The maximum absolute atomic E-state index is 13.6. The Hall–Kier alpha value is -3.60. The van der Waals surface area contributed by atoms with Gasteiger partial charge in [-0.25, -0.2) is 4.90 Å². The largest absolute Gasteiger partial charge is 0.497 e. The smallest absolute Gasteiger partial charge is 0.265 e. The lowest BCUT2D eigenvalue weighted by Crippen LogP contribution is -2.42. The van der Waals surface area contributed by atoms with E-state index in [4.69, 9.17) is 9.47 Å². The summed E-state index contributed by atoms with van der Waals surface area (Å²) in [7, 11) is 3.19. The minimum Gasteiger partial charge on any atom is -0.497 e. The van der Waals surface area contributed by atoms with Gasteiger partial charge in [0.15, 0.2) is 0 Å². The third kappa shape index (κ3) is 3.22. The van der Waals surface area contributed by atoms with Gasteiger partial charge in [-0.1, -0.05) is 30.3 Å². The van der Waals surface area contributed by atoms with Crippen molar-refractivity contribution in [3.63, 3.8) is 0 Å². The van der Waals surface area contributed by atoms with Gasteiger partial charge in [0, 0.05) is 5.56 Å². The molecule has 0 N–H and O–H groups in total. The molecule has 0 spiro atoms. The normalized spacial score (nSPS) is 17.6. The highest BCUT2D eigenvalue weighted by atomic mass is 16.5. The van der Waals surface area contributed by atoms with Crippen LogP contribution in [0.1, 0.15) is 28.4 Å². The Morgan fingerprint density at radius 2 is 1.43 bits per heavy atom. The number of fused-ring (bicyclic) bond motifs is 1. The molecule has 1 unspecified atom stereocenters. The highest BCUT2D eigenvalue weighted by molar-refractivity contribution is 6.27. The summed E-state index contributed by atoms with van der Waals surface area (Å²) in [6.07, 6.45) is 0.485. The first kappa shape index (κ1) is 19.7.